The quantitative estimate of drug-likeness (QED) is 0.699. The van der Waals surface area contributed by atoms with Gasteiger partial charge in [0.15, 0.2) is 6.10 Å². The zero-order valence-corrected chi connectivity index (χ0v) is 13.8. The highest BCUT2D eigenvalue weighted by molar-refractivity contribution is 6.31. The van der Waals surface area contributed by atoms with Gasteiger partial charge in [0.1, 0.15) is 11.4 Å². The fraction of sp³-hybridized carbons (Fsp3) is 0.111. The lowest BCUT2D eigenvalue weighted by molar-refractivity contribution is -0.123. The first kappa shape index (κ1) is 17.0. The molecule has 0 spiro atoms. The Labute approximate surface area is 147 Å². The van der Waals surface area contributed by atoms with Crippen LogP contribution in [0.5, 0.6) is 0 Å². The van der Waals surface area contributed by atoms with Crippen molar-refractivity contribution in [3.8, 4) is 0 Å². The Balaban J connectivity index is 1.65. The van der Waals surface area contributed by atoms with Crippen LogP contribution in [-0.4, -0.2) is 18.0 Å². The van der Waals surface area contributed by atoms with E-state index in [9.17, 15) is 14.0 Å². The van der Waals surface area contributed by atoms with Crippen LogP contribution in [0.2, 0.25) is 5.02 Å². The molecule has 3 rings (SSSR count). The predicted molar refractivity (Wildman–Crippen MR) is 91.1 cm³/mol. The first-order valence-electron chi connectivity index (χ1n) is 7.39. The van der Waals surface area contributed by atoms with Crippen molar-refractivity contribution in [2.24, 2.45) is 0 Å². The van der Waals surface area contributed by atoms with Crippen molar-refractivity contribution in [1.82, 2.24) is 0 Å². The van der Waals surface area contributed by atoms with Gasteiger partial charge in [-0.15, -0.1) is 0 Å². The minimum Gasteiger partial charge on any atom is -0.449 e. The van der Waals surface area contributed by atoms with Crippen LogP contribution < -0.4 is 5.32 Å². The van der Waals surface area contributed by atoms with E-state index in [1.54, 1.807) is 24.3 Å². The lowest BCUT2D eigenvalue weighted by Gasteiger charge is -2.13. The monoisotopic (exact) mass is 361 g/mol. The molecule has 128 valence electrons. The Morgan fingerprint density at radius 2 is 1.96 bits per heavy atom. The zero-order chi connectivity index (χ0) is 18.0. The van der Waals surface area contributed by atoms with Crippen LogP contribution in [0, 0.1) is 5.82 Å². The Hall–Kier alpha value is -2.86. The molecule has 5 nitrogen and oxygen atoms in total. The van der Waals surface area contributed by atoms with Crippen molar-refractivity contribution in [3.05, 3.63) is 65.1 Å². The summed E-state index contributed by atoms with van der Waals surface area (Å²) in [7, 11) is 0. The molecule has 0 saturated heterocycles. The Kier molecular flexibility index (Phi) is 4.72. The van der Waals surface area contributed by atoms with E-state index in [1.165, 1.54) is 19.1 Å². The van der Waals surface area contributed by atoms with Crippen molar-refractivity contribution >= 4 is 40.1 Å². The highest BCUT2D eigenvalue weighted by atomic mass is 35.5. The van der Waals surface area contributed by atoms with Gasteiger partial charge in [-0.25, -0.2) is 9.18 Å². The number of halogens is 2. The lowest BCUT2D eigenvalue weighted by Crippen LogP contribution is -2.29. The van der Waals surface area contributed by atoms with Gasteiger partial charge in [0.05, 0.1) is 5.02 Å². The average Bonchev–Trinajstić information content (AvgIpc) is 3.02. The van der Waals surface area contributed by atoms with Gasteiger partial charge < -0.3 is 14.5 Å². The van der Waals surface area contributed by atoms with Crippen molar-refractivity contribution in [1.29, 1.82) is 0 Å². The summed E-state index contributed by atoms with van der Waals surface area (Å²) in [5, 5.41) is 3.13. The smallest absolute Gasteiger partial charge is 0.375 e. The normalized spacial score (nSPS) is 12.0. The molecular formula is C18H13ClFNO4. The molecule has 0 aliphatic heterocycles. The number of anilines is 1. The van der Waals surface area contributed by atoms with E-state index in [4.69, 9.17) is 20.8 Å². The largest absolute Gasteiger partial charge is 0.449 e. The van der Waals surface area contributed by atoms with Gasteiger partial charge in [-0.05, 0) is 37.3 Å². The van der Waals surface area contributed by atoms with E-state index in [0.717, 1.165) is 11.5 Å². The number of furan rings is 1. The number of amides is 1. The molecule has 2 aromatic carbocycles. The number of para-hydroxylation sites is 1. The molecule has 3 aromatic rings. The SMILES string of the molecule is C[C@H](OC(=O)c1cc2ccccc2o1)C(=O)Nc1ccc(F)c(Cl)c1. The maximum atomic E-state index is 13.1. The summed E-state index contributed by atoms with van der Waals surface area (Å²) < 4.78 is 23.6. The molecule has 7 heteroatoms. The first-order chi connectivity index (χ1) is 11.9. The summed E-state index contributed by atoms with van der Waals surface area (Å²) in [5.41, 5.74) is 0.843. The van der Waals surface area contributed by atoms with Crippen LogP contribution in [-0.2, 0) is 9.53 Å². The summed E-state index contributed by atoms with van der Waals surface area (Å²) in [6.07, 6.45) is -1.08. The van der Waals surface area contributed by atoms with E-state index in [0.29, 0.717) is 11.3 Å². The standard InChI is InChI=1S/C18H13ClFNO4/c1-10(17(22)21-12-6-7-14(20)13(19)9-12)24-18(23)16-8-11-4-2-3-5-15(11)25-16/h2-10H,1H3,(H,21,22)/t10-/m0/s1. The van der Waals surface area contributed by atoms with E-state index in [2.05, 4.69) is 5.32 Å². The minimum absolute atomic E-state index is 0.00526. The second kappa shape index (κ2) is 6.94. The van der Waals surface area contributed by atoms with Gasteiger partial charge in [-0.2, -0.15) is 0 Å². The Bertz CT molecular complexity index is 920. The molecule has 1 aromatic heterocycles. The van der Waals surface area contributed by atoms with Crippen LogP contribution in [0.25, 0.3) is 11.0 Å². The molecule has 1 N–H and O–H groups in total. The molecule has 1 atom stereocenters. The average molecular weight is 362 g/mol. The summed E-state index contributed by atoms with van der Waals surface area (Å²) in [4.78, 5) is 24.2. The van der Waals surface area contributed by atoms with E-state index >= 15 is 0 Å². The molecule has 0 saturated carbocycles. The van der Waals surface area contributed by atoms with Gasteiger partial charge in [0, 0.05) is 11.1 Å². The molecule has 1 amide bonds. The van der Waals surface area contributed by atoms with Crippen molar-refractivity contribution in [2.45, 2.75) is 13.0 Å². The number of ether oxygens (including phenoxy) is 1. The molecule has 0 bridgehead atoms. The number of rotatable bonds is 4. The number of carbonyl (C=O) groups excluding carboxylic acids is 2. The number of carbonyl (C=O) groups is 2. The molecule has 1 heterocycles. The van der Waals surface area contributed by atoms with E-state index in [1.807, 2.05) is 6.07 Å². The number of hydrogen-bond acceptors (Lipinski definition) is 4. The minimum atomic E-state index is -1.08. The van der Waals surface area contributed by atoms with Gasteiger partial charge >= 0.3 is 5.97 Å². The van der Waals surface area contributed by atoms with Crippen LogP contribution in [0.4, 0.5) is 10.1 Å². The Morgan fingerprint density at radius 3 is 2.68 bits per heavy atom. The first-order valence-corrected chi connectivity index (χ1v) is 7.77. The maximum absolute atomic E-state index is 13.1. The molecule has 0 aliphatic carbocycles. The maximum Gasteiger partial charge on any atom is 0.375 e. The number of nitrogens with one attached hydrogen (secondary N) is 1. The third-order valence-electron chi connectivity index (χ3n) is 3.47. The van der Waals surface area contributed by atoms with Crippen LogP contribution >= 0.6 is 11.6 Å². The van der Waals surface area contributed by atoms with Crippen LogP contribution in [0.1, 0.15) is 17.5 Å². The molecule has 0 fully saturated rings. The molecule has 0 radical (unpaired) electrons. The number of fused-ring (bicyclic) bond motifs is 1. The molecular weight excluding hydrogens is 349 g/mol. The molecule has 0 aliphatic rings. The van der Waals surface area contributed by atoms with Gasteiger partial charge in [0.25, 0.3) is 5.91 Å². The van der Waals surface area contributed by atoms with Crippen molar-refractivity contribution < 1.29 is 23.1 Å². The van der Waals surface area contributed by atoms with Crippen molar-refractivity contribution in [2.75, 3.05) is 5.32 Å². The molecule has 0 unspecified atom stereocenters. The van der Waals surface area contributed by atoms with Gasteiger partial charge in [0.2, 0.25) is 5.76 Å². The van der Waals surface area contributed by atoms with E-state index in [-0.39, 0.29) is 10.8 Å². The predicted octanol–water partition coefficient (Wildman–Crippen LogP) is 4.41. The van der Waals surface area contributed by atoms with Gasteiger partial charge in [-0.1, -0.05) is 29.8 Å². The third kappa shape index (κ3) is 3.80. The highest BCUT2D eigenvalue weighted by Crippen LogP contribution is 2.21. The number of esters is 1. The van der Waals surface area contributed by atoms with Crippen LogP contribution in [0.3, 0.4) is 0 Å². The zero-order valence-electron chi connectivity index (χ0n) is 13.1. The lowest BCUT2D eigenvalue weighted by atomic mass is 10.2. The Morgan fingerprint density at radius 1 is 1.20 bits per heavy atom. The number of benzene rings is 2. The fourth-order valence-electron chi connectivity index (χ4n) is 2.17. The van der Waals surface area contributed by atoms with Crippen molar-refractivity contribution in [3.63, 3.8) is 0 Å². The summed E-state index contributed by atoms with van der Waals surface area (Å²) in [6, 6.07) is 12.4. The summed E-state index contributed by atoms with van der Waals surface area (Å²) >= 11 is 5.66. The summed E-state index contributed by atoms with van der Waals surface area (Å²) in [5.74, 6) is -1.92. The highest BCUT2D eigenvalue weighted by Gasteiger charge is 2.21. The topological polar surface area (TPSA) is 68.5 Å². The number of hydrogen-bond donors (Lipinski definition) is 1. The van der Waals surface area contributed by atoms with Crippen LogP contribution in [0.15, 0.2) is 52.9 Å². The second-order valence-corrected chi connectivity index (χ2v) is 5.72. The third-order valence-corrected chi connectivity index (χ3v) is 3.76. The van der Waals surface area contributed by atoms with Gasteiger partial charge in [-0.3, -0.25) is 4.79 Å². The molecule has 25 heavy (non-hydrogen) atoms. The van der Waals surface area contributed by atoms with E-state index < -0.39 is 23.8 Å². The second-order valence-electron chi connectivity index (χ2n) is 5.31. The fourth-order valence-corrected chi connectivity index (χ4v) is 2.35. The summed E-state index contributed by atoms with van der Waals surface area (Å²) in [6.45, 7) is 1.42.